The number of esters is 1. The predicted octanol–water partition coefficient (Wildman–Crippen LogP) is 2.43. The third-order valence-electron chi connectivity index (χ3n) is 4.61. The number of benzene rings is 1. The molecule has 1 heterocycles. The summed E-state index contributed by atoms with van der Waals surface area (Å²) in [6.45, 7) is 3.12. The molecule has 0 spiro atoms. The molecular weight excluding hydrogens is 384 g/mol. The van der Waals surface area contributed by atoms with Gasteiger partial charge in [-0.15, -0.1) is 0 Å². The zero-order valence-corrected chi connectivity index (χ0v) is 16.2. The van der Waals surface area contributed by atoms with Gasteiger partial charge in [-0.2, -0.15) is 4.73 Å². The maximum Gasteiger partial charge on any atom is 0.345 e. The molecule has 1 aliphatic rings. The van der Waals surface area contributed by atoms with Crippen LogP contribution in [0.3, 0.4) is 0 Å². The molecule has 0 bridgehead atoms. The molecule has 0 radical (unpaired) electrons. The Hall–Kier alpha value is -3.19. The van der Waals surface area contributed by atoms with Crippen molar-refractivity contribution in [2.75, 3.05) is 7.11 Å². The number of ether oxygens (including phenoxy) is 1. The molecule has 0 saturated carbocycles. The fourth-order valence-electron chi connectivity index (χ4n) is 3.16. The van der Waals surface area contributed by atoms with Crippen LogP contribution in [0.15, 0.2) is 36.0 Å². The van der Waals surface area contributed by atoms with Gasteiger partial charge < -0.3 is 15.3 Å². The number of rotatable bonds is 4. The number of nitrogens with one attached hydrogen (secondary N) is 1. The van der Waals surface area contributed by atoms with Crippen LogP contribution >= 0.6 is 11.6 Å². The number of fused-ring (bicyclic) bond motifs is 1. The van der Waals surface area contributed by atoms with Crippen LogP contribution in [-0.2, 0) is 11.3 Å². The monoisotopic (exact) mass is 400 g/mol. The Morgan fingerprint density at radius 1 is 1.14 bits per heavy atom. The molecule has 0 atom stereocenters. The first-order valence-electron chi connectivity index (χ1n) is 8.40. The van der Waals surface area contributed by atoms with E-state index < -0.39 is 17.5 Å². The second kappa shape index (κ2) is 7.44. The number of carbonyl (C=O) groups excluding carboxylic acids is 3. The van der Waals surface area contributed by atoms with Gasteiger partial charge in [-0.3, -0.25) is 9.59 Å². The van der Waals surface area contributed by atoms with Crippen LogP contribution in [0.1, 0.15) is 48.0 Å². The number of nitrogens with zero attached hydrogens (tertiary/aromatic N) is 1. The van der Waals surface area contributed by atoms with Gasteiger partial charge in [-0.05, 0) is 17.7 Å². The Bertz CT molecular complexity index is 1040. The van der Waals surface area contributed by atoms with E-state index in [2.05, 4.69) is 5.32 Å². The molecule has 2 aromatic rings. The summed E-state index contributed by atoms with van der Waals surface area (Å²) in [5.74, 6) is -1.92. The number of Topliss-reactive ketones (excluding diaryl/α,β-unsaturated/α-hetero) is 1. The van der Waals surface area contributed by atoms with Crippen molar-refractivity contribution in [3.05, 3.63) is 79.9 Å². The molecule has 1 aromatic carbocycles. The molecule has 144 valence electrons. The molecule has 7 nitrogen and oxygen atoms in total. The lowest BCUT2D eigenvalue weighted by molar-refractivity contribution is -0.619. The molecule has 1 N–H and O–H groups in total. The topological polar surface area (TPSA) is 99.4 Å². The lowest BCUT2D eigenvalue weighted by Crippen LogP contribution is -2.42. The number of hydrogen-bond acceptors (Lipinski definition) is 6. The summed E-state index contributed by atoms with van der Waals surface area (Å²) in [6, 6.07) is 7.00. The normalized spacial score (nSPS) is 13.1. The summed E-state index contributed by atoms with van der Waals surface area (Å²) < 4.78 is 5.20. The zero-order valence-electron chi connectivity index (χ0n) is 15.5. The first kappa shape index (κ1) is 19.6. The summed E-state index contributed by atoms with van der Waals surface area (Å²) >= 11 is 5.86. The highest BCUT2D eigenvalue weighted by molar-refractivity contribution is 6.30. The summed E-state index contributed by atoms with van der Waals surface area (Å²) in [6.07, 6.45) is 1.14. The summed E-state index contributed by atoms with van der Waals surface area (Å²) in [7, 11) is 1.15. The van der Waals surface area contributed by atoms with Crippen LogP contribution in [-0.4, -0.2) is 24.6 Å². The summed E-state index contributed by atoms with van der Waals surface area (Å²) in [5, 5.41) is 15.9. The van der Waals surface area contributed by atoms with Gasteiger partial charge in [0.2, 0.25) is 17.2 Å². The second-order valence-corrected chi connectivity index (χ2v) is 6.75. The van der Waals surface area contributed by atoms with E-state index in [0.29, 0.717) is 9.75 Å². The quantitative estimate of drug-likeness (QED) is 0.480. The molecule has 8 heteroatoms. The molecule has 0 aliphatic heterocycles. The Balaban J connectivity index is 2.05. The number of carbonyl (C=O) groups is 3. The van der Waals surface area contributed by atoms with Gasteiger partial charge in [0.25, 0.3) is 0 Å². The van der Waals surface area contributed by atoms with Crippen molar-refractivity contribution >= 4 is 29.1 Å². The number of allylic oxidation sites excluding steroid dienone is 2. The van der Waals surface area contributed by atoms with Crippen LogP contribution < -0.4 is 10.0 Å². The first-order chi connectivity index (χ1) is 13.3. The average Bonchev–Trinajstić information content (AvgIpc) is 2.68. The number of ketones is 2. The smallest absolute Gasteiger partial charge is 0.345 e. The largest absolute Gasteiger partial charge is 0.618 e. The van der Waals surface area contributed by atoms with Gasteiger partial charge in [0.05, 0.1) is 18.4 Å². The van der Waals surface area contributed by atoms with Crippen molar-refractivity contribution in [1.82, 2.24) is 5.32 Å². The number of hydrogen-bond donors (Lipinski definition) is 1. The van der Waals surface area contributed by atoms with Crippen molar-refractivity contribution in [2.24, 2.45) is 0 Å². The van der Waals surface area contributed by atoms with Crippen LogP contribution in [0.5, 0.6) is 0 Å². The van der Waals surface area contributed by atoms with E-state index in [1.807, 2.05) is 0 Å². The maximum atomic E-state index is 13.1. The standard InChI is InChI=1S/C20H17ClN2O5/c1-10-16-15(24)8-14(22-9-12-4-6-13(21)7-5-12)19(25)18(16)17(20(26)28-3)11(2)23(10)27/h4-8,22H,9H2,1-3H3. The highest BCUT2D eigenvalue weighted by Gasteiger charge is 2.38. The van der Waals surface area contributed by atoms with Gasteiger partial charge in [0.1, 0.15) is 11.1 Å². The fourth-order valence-corrected chi connectivity index (χ4v) is 3.28. The van der Waals surface area contributed by atoms with E-state index in [9.17, 15) is 19.6 Å². The molecular formula is C20H17ClN2O5. The van der Waals surface area contributed by atoms with Crippen molar-refractivity contribution in [1.29, 1.82) is 0 Å². The van der Waals surface area contributed by atoms with E-state index in [1.54, 1.807) is 24.3 Å². The highest BCUT2D eigenvalue weighted by atomic mass is 35.5. The van der Waals surface area contributed by atoms with Gasteiger partial charge in [-0.1, -0.05) is 23.7 Å². The molecule has 0 amide bonds. The van der Waals surface area contributed by atoms with E-state index in [-0.39, 0.29) is 40.3 Å². The van der Waals surface area contributed by atoms with E-state index in [4.69, 9.17) is 16.3 Å². The lowest BCUT2D eigenvalue weighted by atomic mass is 9.87. The van der Waals surface area contributed by atoms with Gasteiger partial charge in [0.15, 0.2) is 5.78 Å². The minimum Gasteiger partial charge on any atom is -0.618 e. The van der Waals surface area contributed by atoms with Crippen LogP contribution in [0.2, 0.25) is 5.02 Å². The average molecular weight is 401 g/mol. The van der Waals surface area contributed by atoms with Crippen molar-refractivity contribution in [3.63, 3.8) is 0 Å². The van der Waals surface area contributed by atoms with Gasteiger partial charge in [-0.25, -0.2) is 4.79 Å². The number of pyridine rings is 1. The zero-order chi connectivity index (χ0) is 20.6. The molecule has 28 heavy (non-hydrogen) atoms. The van der Waals surface area contributed by atoms with Crippen LogP contribution in [0.25, 0.3) is 0 Å². The number of halogens is 1. The van der Waals surface area contributed by atoms with Crippen molar-refractivity contribution < 1.29 is 23.9 Å². The third-order valence-corrected chi connectivity index (χ3v) is 4.86. The minimum absolute atomic E-state index is 0.00296. The third kappa shape index (κ3) is 3.25. The fraction of sp³-hybridized carbons (Fsp3) is 0.200. The van der Waals surface area contributed by atoms with Crippen LogP contribution in [0.4, 0.5) is 0 Å². The predicted molar refractivity (Wildman–Crippen MR) is 101 cm³/mol. The molecule has 0 fully saturated rings. The maximum absolute atomic E-state index is 13.1. The van der Waals surface area contributed by atoms with Crippen LogP contribution in [0, 0.1) is 19.1 Å². The molecule has 3 rings (SSSR count). The van der Waals surface area contributed by atoms with Crippen molar-refractivity contribution in [3.8, 4) is 0 Å². The molecule has 1 aliphatic carbocycles. The first-order valence-corrected chi connectivity index (χ1v) is 8.78. The summed E-state index contributed by atoms with van der Waals surface area (Å²) in [4.78, 5) is 38.0. The summed E-state index contributed by atoms with van der Waals surface area (Å²) in [5.41, 5.74) is 0.565. The Morgan fingerprint density at radius 3 is 2.39 bits per heavy atom. The second-order valence-electron chi connectivity index (χ2n) is 6.31. The van der Waals surface area contributed by atoms with Crippen molar-refractivity contribution in [2.45, 2.75) is 20.4 Å². The lowest BCUT2D eigenvalue weighted by Gasteiger charge is -2.21. The Morgan fingerprint density at radius 2 is 1.79 bits per heavy atom. The van der Waals surface area contributed by atoms with E-state index >= 15 is 0 Å². The minimum atomic E-state index is -0.849. The Labute approximate surface area is 166 Å². The van der Waals surface area contributed by atoms with Gasteiger partial charge in [0, 0.05) is 31.5 Å². The van der Waals surface area contributed by atoms with E-state index in [1.165, 1.54) is 13.8 Å². The number of methoxy groups -OCH3 is 1. The van der Waals surface area contributed by atoms with Gasteiger partial charge >= 0.3 is 5.97 Å². The Kier molecular flexibility index (Phi) is 5.20. The molecule has 0 unspecified atom stereocenters. The highest BCUT2D eigenvalue weighted by Crippen LogP contribution is 2.27. The molecule has 0 saturated heterocycles. The SMILES string of the molecule is COC(=O)c1c2c(c(C)[n+]([O-])c1C)C(=O)C=C(NCc1ccc(Cl)cc1)C2=O. The molecule has 1 aromatic heterocycles. The van der Waals surface area contributed by atoms with E-state index in [0.717, 1.165) is 18.7 Å². The number of aromatic nitrogens is 1.